The molecular weight excluding hydrogens is 463 g/mol. The number of aryl methyl sites for hydroxylation is 2. The van der Waals surface area contributed by atoms with Crippen LogP contribution >= 0.6 is 0 Å². The summed E-state index contributed by atoms with van der Waals surface area (Å²) in [5.74, 6) is 1.43. The summed E-state index contributed by atoms with van der Waals surface area (Å²) >= 11 is 0. The van der Waals surface area contributed by atoms with Crippen molar-refractivity contribution in [1.82, 2.24) is 20.1 Å². The lowest BCUT2D eigenvalue weighted by atomic mass is 10.0. The molecule has 0 spiro atoms. The van der Waals surface area contributed by atoms with Gasteiger partial charge in [-0.25, -0.2) is 9.07 Å². The monoisotopic (exact) mass is 490 g/mol. The smallest absolute Gasteiger partial charge is 0.231 e. The third-order valence-electron chi connectivity index (χ3n) is 6.19. The predicted molar refractivity (Wildman–Crippen MR) is 132 cm³/mol. The topological polar surface area (TPSA) is 87.5 Å². The van der Waals surface area contributed by atoms with Crippen molar-refractivity contribution in [2.45, 2.75) is 40.2 Å². The van der Waals surface area contributed by atoms with Crippen LogP contribution in [0.5, 0.6) is 17.4 Å². The van der Waals surface area contributed by atoms with Gasteiger partial charge in [-0.2, -0.15) is 10.1 Å². The molecule has 2 aromatic carbocycles. The van der Waals surface area contributed by atoms with Gasteiger partial charge in [0.05, 0.1) is 18.0 Å². The standard InChI is InChI=1S/C27H27FN4O4/c1-4-34-27-21(9-11-24(33)29-14-18-8-10-22-23(12-18)36-15-35-22)16(2)25-17(3)31-32(26(25)30-27)20-7-5-6-19(28)13-20/h5-8,10,12-13H,4,9,11,14-15H2,1-3H3,(H,29,33). The first-order valence-electron chi connectivity index (χ1n) is 11.9. The number of nitrogens with one attached hydrogen (secondary N) is 1. The van der Waals surface area contributed by atoms with Gasteiger partial charge < -0.3 is 19.5 Å². The molecule has 4 aromatic rings. The minimum absolute atomic E-state index is 0.0817. The maximum Gasteiger partial charge on any atom is 0.231 e. The van der Waals surface area contributed by atoms with E-state index >= 15 is 0 Å². The number of fused-ring (bicyclic) bond motifs is 2. The van der Waals surface area contributed by atoms with Crippen LogP contribution in [0.25, 0.3) is 16.7 Å². The number of carbonyl (C=O) groups is 1. The predicted octanol–water partition coefficient (Wildman–Crippen LogP) is 4.55. The van der Waals surface area contributed by atoms with Crippen molar-refractivity contribution >= 4 is 16.9 Å². The molecular formula is C27H27FN4O4. The van der Waals surface area contributed by atoms with E-state index in [-0.39, 0.29) is 24.9 Å². The van der Waals surface area contributed by atoms with E-state index in [9.17, 15) is 9.18 Å². The van der Waals surface area contributed by atoms with E-state index in [4.69, 9.17) is 19.2 Å². The van der Waals surface area contributed by atoms with Crippen LogP contribution in [0.1, 0.15) is 35.7 Å². The zero-order valence-corrected chi connectivity index (χ0v) is 20.4. The highest BCUT2D eigenvalue weighted by atomic mass is 19.1. The highest BCUT2D eigenvalue weighted by molar-refractivity contribution is 5.86. The molecule has 9 heteroatoms. The quantitative estimate of drug-likeness (QED) is 0.390. The van der Waals surface area contributed by atoms with Crippen molar-refractivity contribution in [3.05, 3.63) is 70.7 Å². The van der Waals surface area contributed by atoms with Crippen LogP contribution in [-0.2, 0) is 17.8 Å². The normalized spacial score (nSPS) is 12.2. The number of carbonyl (C=O) groups excluding carboxylic acids is 1. The third kappa shape index (κ3) is 4.56. The Bertz CT molecular complexity index is 1450. The maximum atomic E-state index is 13.9. The van der Waals surface area contributed by atoms with Crippen molar-refractivity contribution in [1.29, 1.82) is 0 Å². The molecule has 0 fully saturated rings. The molecule has 5 rings (SSSR count). The summed E-state index contributed by atoms with van der Waals surface area (Å²) in [5, 5.41) is 8.46. The van der Waals surface area contributed by atoms with Gasteiger partial charge in [-0.1, -0.05) is 12.1 Å². The molecule has 1 N–H and O–H groups in total. The Balaban J connectivity index is 1.36. The lowest BCUT2D eigenvalue weighted by molar-refractivity contribution is -0.121. The lowest BCUT2D eigenvalue weighted by Crippen LogP contribution is -2.23. The van der Waals surface area contributed by atoms with Crippen molar-refractivity contribution < 1.29 is 23.4 Å². The zero-order valence-electron chi connectivity index (χ0n) is 20.4. The van der Waals surface area contributed by atoms with E-state index in [0.29, 0.717) is 48.3 Å². The van der Waals surface area contributed by atoms with E-state index in [1.54, 1.807) is 16.8 Å². The lowest BCUT2D eigenvalue weighted by Gasteiger charge is -2.14. The van der Waals surface area contributed by atoms with E-state index in [1.807, 2.05) is 39.0 Å². The molecule has 0 unspecified atom stereocenters. The Morgan fingerprint density at radius 3 is 2.81 bits per heavy atom. The number of benzene rings is 2. The molecule has 1 aliphatic heterocycles. The summed E-state index contributed by atoms with van der Waals surface area (Å²) in [6, 6.07) is 11.8. The van der Waals surface area contributed by atoms with E-state index in [0.717, 1.165) is 27.8 Å². The first-order valence-corrected chi connectivity index (χ1v) is 11.9. The molecule has 1 aliphatic rings. The van der Waals surface area contributed by atoms with Crippen molar-refractivity contribution in [3.8, 4) is 23.1 Å². The van der Waals surface area contributed by atoms with Crippen molar-refractivity contribution in [3.63, 3.8) is 0 Å². The summed E-state index contributed by atoms with van der Waals surface area (Å²) in [6.07, 6.45) is 0.734. The highest BCUT2D eigenvalue weighted by Gasteiger charge is 2.21. The number of aromatic nitrogens is 3. The van der Waals surface area contributed by atoms with E-state index in [1.165, 1.54) is 12.1 Å². The number of nitrogens with zero attached hydrogens (tertiary/aromatic N) is 3. The Kier molecular flexibility index (Phi) is 6.45. The van der Waals surface area contributed by atoms with Crippen LogP contribution in [0.2, 0.25) is 0 Å². The third-order valence-corrected chi connectivity index (χ3v) is 6.19. The second-order valence-corrected chi connectivity index (χ2v) is 8.59. The SMILES string of the molecule is CCOc1nc2c(c(C)nn2-c2cccc(F)c2)c(C)c1CCC(=O)NCc1ccc2c(c1)OCO2. The van der Waals surface area contributed by atoms with Crippen LogP contribution in [0.4, 0.5) is 4.39 Å². The second-order valence-electron chi connectivity index (χ2n) is 8.59. The number of hydrogen-bond donors (Lipinski definition) is 1. The first kappa shape index (κ1) is 23.6. The molecule has 2 aromatic heterocycles. The van der Waals surface area contributed by atoms with Crippen LogP contribution in [-0.4, -0.2) is 34.1 Å². The van der Waals surface area contributed by atoms with Gasteiger partial charge in [0.15, 0.2) is 17.1 Å². The van der Waals surface area contributed by atoms with Gasteiger partial charge in [0.2, 0.25) is 18.6 Å². The maximum absolute atomic E-state index is 13.9. The van der Waals surface area contributed by atoms with Gasteiger partial charge in [-0.15, -0.1) is 0 Å². The number of ether oxygens (including phenoxy) is 3. The Morgan fingerprint density at radius 2 is 2.00 bits per heavy atom. The Morgan fingerprint density at radius 1 is 1.17 bits per heavy atom. The minimum Gasteiger partial charge on any atom is -0.478 e. The number of amides is 1. The minimum atomic E-state index is -0.348. The van der Waals surface area contributed by atoms with Gasteiger partial charge in [0.25, 0.3) is 0 Å². The summed E-state index contributed by atoms with van der Waals surface area (Å²) < 4.78 is 32.1. The van der Waals surface area contributed by atoms with Crippen LogP contribution in [0, 0.1) is 19.7 Å². The molecule has 36 heavy (non-hydrogen) atoms. The number of rotatable bonds is 8. The summed E-state index contributed by atoms with van der Waals surface area (Å²) in [5.41, 5.74) is 4.70. The summed E-state index contributed by atoms with van der Waals surface area (Å²) in [4.78, 5) is 17.4. The van der Waals surface area contributed by atoms with Crippen LogP contribution < -0.4 is 19.5 Å². The Labute approximate surface area is 208 Å². The van der Waals surface area contributed by atoms with Gasteiger partial charge in [-0.05, 0) is 68.7 Å². The average molecular weight is 491 g/mol. The van der Waals surface area contributed by atoms with Gasteiger partial charge >= 0.3 is 0 Å². The molecule has 1 amide bonds. The molecule has 0 radical (unpaired) electrons. The fourth-order valence-corrected chi connectivity index (χ4v) is 4.45. The Hall–Kier alpha value is -4.14. The second kappa shape index (κ2) is 9.85. The fraction of sp³-hybridized carbons (Fsp3) is 0.296. The van der Waals surface area contributed by atoms with Gasteiger partial charge in [0, 0.05) is 23.9 Å². The number of hydrogen-bond acceptors (Lipinski definition) is 6. The van der Waals surface area contributed by atoms with Gasteiger partial charge in [-0.3, -0.25) is 4.79 Å². The summed E-state index contributed by atoms with van der Waals surface area (Å²) in [7, 11) is 0. The number of pyridine rings is 1. The molecule has 0 saturated heterocycles. The van der Waals surface area contributed by atoms with Crippen LogP contribution in [0.15, 0.2) is 42.5 Å². The van der Waals surface area contributed by atoms with E-state index in [2.05, 4.69) is 10.4 Å². The number of halogens is 1. The van der Waals surface area contributed by atoms with Crippen molar-refractivity contribution in [2.75, 3.05) is 13.4 Å². The van der Waals surface area contributed by atoms with Crippen LogP contribution in [0.3, 0.4) is 0 Å². The van der Waals surface area contributed by atoms with E-state index < -0.39 is 0 Å². The van der Waals surface area contributed by atoms with Crippen molar-refractivity contribution in [2.24, 2.45) is 0 Å². The molecule has 0 bridgehead atoms. The average Bonchev–Trinajstić information content (AvgIpc) is 3.46. The largest absolute Gasteiger partial charge is 0.478 e. The molecule has 0 saturated carbocycles. The molecule has 186 valence electrons. The highest BCUT2D eigenvalue weighted by Crippen LogP contribution is 2.33. The molecule has 0 atom stereocenters. The fourth-order valence-electron chi connectivity index (χ4n) is 4.45. The molecule has 8 nitrogen and oxygen atoms in total. The van der Waals surface area contributed by atoms with Gasteiger partial charge in [0.1, 0.15) is 5.82 Å². The molecule has 3 heterocycles. The summed E-state index contributed by atoms with van der Waals surface area (Å²) in [6.45, 7) is 6.80. The zero-order chi connectivity index (χ0) is 25.2. The molecule has 0 aliphatic carbocycles. The first-order chi connectivity index (χ1) is 17.4.